The van der Waals surface area contributed by atoms with Gasteiger partial charge in [0.15, 0.2) is 5.82 Å². The monoisotopic (exact) mass is 321 g/mol. The smallest absolute Gasteiger partial charge is 0.181 e. The van der Waals surface area contributed by atoms with Gasteiger partial charge in [0, 0.05) is 16.8 Å². The van der Waals surface area contributed by atoms with Crippen LogP contribution in [0.25, 0.3) is 17.5 Å². The van der Waals surface area contributed by atoms with E-state index in [1.54, 1.807) is 36.4 Å². The quantitative estimate of drug-likeness (QED) is 0.506. The van der Waals surface area contributed by atoms with Gasteiger partial charge in [0.05, 0.1) is 5.71 Å². The third-order valence-corrected chi connectivity index (χ3v) is 3.49. The molecule has 24 heavy (non-hydrogen) atoms. The maximum absolute atomic E-state index is 13.2. The lowest BCUT2D eigenvalue weighted by Gasteiger charge is -2.06. The predicted octanol–water partition coefficient (Wildman–Crippen LogP) is 3.58. The van der Waals surface area contributed by atoms with Crippen molar-refractivity contribution >= 4 is 17.5 Å². The summed E-state index contributed by atoms with van der Waals surface area (Å²) >= 11 is 0. The van der Waals surface area contributed by atoms with Crippen molar-refractivity contribution in [1.82, 2.24) is 15.2 Å². The van der Waals surface area contributed by atoms with Gasteiger partial charge in [-0.25, -0.2) is 9.37 Å². The van der Waals surface area contributed by atoms with Crippen LogP contribution in [-0.4, -0.2) is 20.9 Å². The highest BCUT2D eigenvalue weighted by atomic mass is 19.1. The highest BCUT2D eigenvalue weighted by molar-refractivity contribution is 6.12. The second kappa shape index (κ2) is 6.45. The minimum atomic E-state index is -0.315. The molecule has 3 rings (SSSR count). The first-order chi connectivity index (χ1) is 11.5. The summed E-state index contributed by atoms with van der Waals surface area (Å²) in [4.78, 5) is 4.28. The summed E-state index contributed by atoms with van der Waals surface area (Å²) in [6, 6.07) is 11.5. The molecule has 4 N–H and O–H groups in total. The van der Waals surface area contributed by atoms with E-state index in [1.165, 1.54) is 12.1 Å². The Kier molecular flexibility index (Phi) is 4.20. The number of halogens is 1. The summed E-state index contributed by atoms with van der Waals surface area (Å²) in [6.45, 7) is 1.82. The van der Waals surface area contributed by atoms with Crippen LogP contribution in [0.15, 0.2) is 48.5 Å². The number of nitrogens with two attached hydrogens (primary N) is 1. The number of aromatic nitrogens is 3. The Morgan fingerprint density at radius 3 is 2.79 bits per heavy atom. The number of allylic oxidation sites excluding steroid dienone is 1. The number of nitrogen functional groups attached to an aromatic ring is 1. The first-order valence-corrected chi connectivity index (χ1v) is 7.34. The van der Waals surface area contributed by atoms with Crippen molar-refractivity contribution in [3.8, 4) is 11.4 Å². The molecule has 0 atom stereocenters. The van der Waals surface area contributed by atoms with Crippen LogP contribution < -0.4 is 5.73 Å². The van der Waals surface area contributed by atoms with E-state index in [-0.39, 0.29) is 11.5 Å². The lowest BCUT2D eigenvalue weighted by atomic mass is 10.0. The number of hydrogen-bond acceptors (Lipinski definition) is 4. The Morgan fingerprint density at radius 1 is 1.25 bits per heavy atom. The van der Waals surface area contributed by atoms with E-state index >= 15 is 0 Å². The van der Waals surface area contributed by atoms with Gasteiger partial charge >= 0.3 is 0 Å². The Balaban J connectivity index is 1.89. The third kappa shape index (κ3) is 3.38. The van der Waals surface area contributed by atoms with Gasteiger partial charge in [-0.3, -0.25) is 5.10 Å². The van der Waals surface area contributed by atoms with Crippen molar-refractivity contribution in [2.24, 2.45) is 0 Å². The van der Waals surface area contributed by atoms with Crippen LogP contribution in [-0.2, 0) is 0 Å². The summed E-state index contributed by atoms with van der Waals surface area (Å²) in [7, 11) is 0. The van der Waals surface area contributed by atoms with Crippen LogP contribution in [0.3, 0.4) is 0 Å². The van der Waals surface area contributed by atoms with Crippen molar-refractivity contribution in [2.45, 2.75) is 6.92 Å². The number of rotatable bonds is 4. The number of nitrogens with zero attached hydrogens (tertiary/aromatic N) is 2. The van der Waals surface area contributed by atoms with Crippen molar-refractivity contribution in [1.29, 1.82) is 5.41 Å². The maximum atomic E-state index is 13.2. The standard InChI is InChI=1S/C18H16FN5/c1-11-22-18(24-23-11)13-6-8-17(21)15(10-13)16(20)7-5-12-3-2-4-14(19)9-12/h2-10,20H,21H2,1H3,(H,22,23,24)/b7-5+,20-16?. The molecule has 0 saturated heterocycles. The molecule has 3 aromatic rings. The summed E-state index contributed by atoms with van der Waals surface area (Å²) in [6.07, 6.45) is 3.27. The molecule has 0 spiro atoms. The van der Waals surface area contributed by atoms with Gasteiger partial charge in [-0.1, -0.05) is 18.2 Å². The molecule has 2 aromatic carbocycles. The number of aryl methyl sites for hydroxylation is 1. The summed E-state index contributed by atoms with van der Waals surface area (Å²) in [5, 5.41) is 15.1. The SMILES string of the molecule is Cc1nc(-c2ccc(N)c(C(=N)/C=C/c3cccc(F)c3)c2)n[nH]1. The van der Waals surface area contributed by atoms with E-state index in [0.717, 1.165) is 5.56 Å². The van der Waals surface area contributed by atoms with Crippen LogP contribution in [0, 0.1) is 18.2 Å². The van der Waals surface area contributed by atoms with Crippen LogP contribution in [0.1, 0.15) is 17.0 Å². The van der Waals surface area contributed by atoms with E-state index in [9.17, 15) is 4.39 Å². The zero-order valence-electron chi connectivity index (χ0n) is 13.0. The fourth-order valence-corrected chi connectivity index (χ4v) is 2.28. The predicted molar refractivity (Wildman–Crippen MR) is 93.2 cm³/mol. The van der Waals surface area contributed by atoms with E-state index in [0.29, 0.717) is 28.5 Å². The highest BCUT2D eigenvalue weighted by Gasteiger charge is 2.09. The van der Waals surface area contributed by atoms with E-state index in [4.69, 9.17) is 11.1 Å². The molecule has 1 aromatic heterocycles. The second-order valence-electron chi connectivity index (χ2n) is 5.35. The number of hydrogen-bond donors (Lipinski definition) is 3. The zero-order chi connectivity index (χ0) is 17.1. The fourth-order valence-electron chi connectivity index (χ4n) is 2.28. The summed E-state index contributed by atoms with van der Waals surface area (Å²) in [5.74, 6) is 0.949. The normalized spacial score (nSPS) is 11.1. The molecular weight excluding hydrogens is 305 g/mol. The molecule has 0 aliphatic rings. The minimum Gasteiger partial charge on any atom is -0.398 e. The zero-order valence-corrected chi connectivity index (χ0v) is 13.0. The first kappa shape index (κ1) is 15.6. The summed E-state index contributed by atoms with van der Waals surface area (Å²) in [5.41, 5.74) is 8.72. The number of H-pyrrole nitrogens is 1. The van der Waals surface area contributed by atoms with E-state index in [2.05, 4.69) is 15.2 Å². The van der Waals surface area contributed by atoms with Gasteiger partial charge in [0.2, 0.25) is 0 Å². The molecule has 120 valence electrons. The van der Waals surface area contributed by atoms with Crippen molar-refractivity contribution in [3.63, 3.8) is 0 Å². The van der Waals surface area contributed by atoms with Crippen LogP contribution >= 0.6 is 0 Å². The van der Waals surface area contributed by atoms with Crippen LogP contribution in [0.4, 0.5) is 10.1 Å². The van der Waals surface area contributed by atoms with Gasteiger partial charge in [-0.15, -0.1) is 0 Å². The number of aromatic amines is 1. The van der Waals surface area contributed by atoms with Gasteiger partial charge in [-0.05, 0) is 48.9 Å². The third-order valence-electron chi connectivity index (χ3n) is 3.49. The van der Waals surface area contributed by atoms with Crippen molar-refractivity contribution in [3.05, 3.63) is 71.3 Å². The molecule has 6 heteroatoms. The molecule has 0 saturated carbocycles. The van der Waals surface area contributed by atoms with Crippen molar-refractivity contribution < 1.29 is 4.39 Å². The second-order valence-corrected chi connectivity index (χ2v) is 5.35. The van der Waals surface area contributed by atoms with Crippen molar-refractivity contribution in [2.75, 3.05) is 5.73 Å². The Bertz CT molecular complexity index is 927. The van der Waals surface area contributed by atoms with Gasteiger partial charge < -0.3 is 11.1 Å². The lowest BCUT2D eigenvalue weighted by molar-refractivity contribution is 0.627. The maximum Gasteiger partial charge on any atom is 0.181 e. The molecule has 0 radical (unpaired) electrons. The average molecular weight is 321 g/mol. The first-order valence-electron chi connectivity index (χ1n) is 7.34. The van der Waals surface area contributed by atoms with E-state index < -0.39 is 0 Å². The molecule has 0 aliphatic carbocycles. The lowest BCUT2D eigenvalue weighted by Crippen LogP contribution is -2.01. The number of nitrogens with one attached hydrogen (secondary N) is 2. The van der Waals surface area contributed by atoms with Gasteiger partial charge in [-0.2, -0.15) is 5.10 Å². The molecule has 5 nitrogen and oxygen atoms in total. The molecular formula is C18H16FN5. The average Bonchev–Trinajstić information content (AvgIpc) is 2.99. The number of benzene rings is 2. The molecule has 1 heterocycles. The van der Waals surface area contributed by atoms with Gasteiger partial charge in [0.1, 0.15) is 11.6 Å². The Morgan fingerprint density at radius 2 is 2.08 bits per heavy atom. The highest BCUT2D eigenvalue weighted by Crippen LogP contribution is 2.22. The molecule has 0 aliphatic heterocycles. The topological polar surface area (TPSA) is 91.4 Å². The fraction of sp³-hybridized carbons (Fsp3) is 0.0556. The molecule has 0 amide bonds. The largest absolute Gasteiger partial charge is 0.398 e. The van der Waals surface area contributed by atoms with E-state index in [1.807, 2.05) is 13.0 Å². The van der Waals surface area contributed by atoms with Crippen LogP contribution in [0.5, 0.6) is 0 Å². The molecule has 0 fully saturated rings. The van der Waals surface area contributed by atoms with Crippen LogP contribution in [0.2, 0.25) is 0 Å². The molecule has 0 bridgehead atoms. The number of anilines is 1. The summed E-state index contributed by atoms with van der Waals surface area (Å²) < 4.78 is 13.2. The Hall–Kier alpha value is -3.28. The molecule has 0 unspecified atom stereocenters. The minimum absolute atomic E-state index is 0.228. The van der Waals surface area contributed by atoms with Gasteiger partial charge in [0.25, 0.3) is 0 Å². The Labute approximate surface area is 138 Å².